The standard InChI is InChI=1S/C17H21F4N5O.HI/c1-3-22-17(24-10-14-23-8-9-26(14)15(18)19)25(2)11-12-4-6-13(7-5-12)27-16(20)21;/h4-9,15-16H,3,10-11H2,1-2H3,(H,22,24);1H. The minimum absolute atomic E-state index is 0. The van der Waals surface area contributed by atoms with Crippen LogP contribution in [0.3, 0.4) is 0 Å². The topological polar surface area (TPSA) is 54.7 Å². The minimum atomic E-state index is -2.87. The van der Waals surface area contributed by atoms with E-state index < -0.39 is 13.2 Å². The van der Waals surface area contributed by atoms with Crippen LogP contribution in [0.5, 0.6) is 5.75 Å². The lowest BCUT2D eigenvalue weighted by Crippen LogP contribution is -2.38. The molecule has 1 aromatic heterocycles. The predicted molar refractivity (Wildman–Crippen MR) is 108 cm³/mol. The van der Waals surface area contributed by atoms with E-state index in [0.29, 0.717) is 19.0 Å². The molecule has 0 fully saturated rings. The Morgan fingerprint density at radius 2 is 1.93 bits per heavy atom. The molecule has 0 radical (unpaired) electrons. The fraction of sp³-hybridized carbons (Fsp3) is 0.412. The largest absolute Gasteiger partial charge is 0.435 e. The Balaban J connectivity index is 0.00000392. The fourth-order valence-electron chi connectivity index (χ4n) is 2.38. The minimum Gasteiger partial charge on any atom is -0.435 e. The molecule has 28 heavy (non-hydrogen) atoms. The summed E-state index contributed by atoms with van der Waals surface area (Å²) in [4.78, 5) is 10.0. The molecule has 6 nitrogen and oxygen atoms in total. The van der Waals surface area contributed by atoms with E-state index in [0.717, 1.165) is 10.1 Å². The van der Waals surface area contributed by atoms with E-state index in [1.807, 2.05) is 6.92 Å². The lowest BCUT2D eigenvalue weighted by Gasteiger charge is -2.22. The highest BCUT2D eigenvalue weighted by atomic mass is 127. The third-order valence-electron chi connectivity index (χ3n) is 3.59. The number of ether oxygens (including phenoxy) is 1. The number of rotatable bonds is 8. The maximum Gasteiger partial charge on any atom is 0.387 e. The zero-order chi connectivity index (χ0) is 19.8. The molecule has 0 unspecified atom stereocenters. The van der Waals surface area contributed by atoms with Gasteiger partial charge in [-0.2, -0.15) is 17.6 Å². The lowest BCUT2D eigenvalue weighted by atomic mass is 10.2. The second-order valence-corrected chi connectivity index (χ2v) is 5.58. The molecule has 0 atom stereocenters. The van der Waals surface area contributed by atoms with E-state index in [-0.39, 0.29) is 42.1 Å². The van der Waals surface area contributed by atoms with Crippen molar-refractivity contribution in [1.82, 2.24) is 19.8 Å². The number of nitrogens with one attached hydrogen (secondary N) is 1. The number of aromatic nitrogens is 2. The first kappa shape index (κ1) is 24.0. The van der Waals surface area contributed by atoms with Crippen molar-refractivity contribution in [3.63, 3.8) is 0 Å². The first-order chi connectivity index (χ1) is 12.9. The molecule has 0 aliphatic rings. The Morgan fingerprint density at radius 1 is 1.25 bits per heavy atom. The quantitative estimate of drug-likeness (QED) is 0.249. The summed E-state index contributed by atoms with van der Waals surface area (Å²) in [6, 6.07) is 6.25. The van der Waals surface area contributed by atoms with Gasteiger partial charge in [-0.15, -0.1) is 24.0 Å². The van der Waals surface area contributed by atoms with Gasteiger partial charge in [0.25, 0.3) is 0 Å². The second kappa shape index (κ2) is 11.7. The van der Waals surface area contributed by atoms with Crippen LogP contribution in [0.2, 0.25) is 0 Å². The van der Waals surface area contributed by atoms with E-state index in [2.05, 4.69) is 20.0 Å². The Hall–Kier alpha value is -2.05. The highest BCUT2D eigenvalue weighted by Crippen LogP contribution is 2.16. The first-order valence-corrected chi connectivity index (χ1v) is 8.23. The van der Waals surface area contributed by atoms with Gasteiger partial charge >= 0.3 is 13.2 Å². The van der Waals surface area contributed by atoms with Crippen molar-refractivity contribution in [1.29, 1.82) is 0 Å². The van der Waals surface area contributed by atoms with Crippen molar-refractivity contribution < 1.29 is 22.3 Å². The first-order valence-electron chi connectivity index (χ1n) is 8.23. The van der Waals surface area contributed by atoms with Gasteiger partial charge in [0.1, 0.15) is 18.1 Å². The van der Waals surface area contributed by atoms with Crippen LogP contribution in [0, 0.1) is 0 Å². The molecule has 2 aromatic rings. The SMILES string of the molecule is CCNC(=NCc1nccn1C(F)F)N(C)Cc1ccc(OC(F)F)cc1.I. The highest BCUT2D eigenvalue weighted by molar-refractivity contribution is 14.0. The van der Waals surface area contributed by atoms with Crippen molar-refractivity contribution in [2.45, 2.75) is 33.2 Å². The van der Waals surface area contributed by atoms with Gasteiger partial charge in [-0.3, -0.25) is 4.57 Å². The Kier molecular flexibility index (Phi) is 10.0. The van der Waals surface area contributed by atoms with Gasteiger partial charge < -0.3 is 15.0 Å². The summed E-state index contributed by atoms with van der Waals surface area (Å²) in [5.74, 6) is 0.743. The molecule has 0 aliphatic carbocycles. The van der Waals surface area contributed by atoms with Crippen molar-refractivity contribution in [2.24, 2.45) is 4.99 Å². The van der Waals surface area contributed by atoms with Crippen molar-refractivity contribution in [3.05, 3.63) is 48.0 Å². The number of alkyl halides is 4. The zero-order valence-corrected chi connectivity index (χ0v) is 17.7. The molecule has 0 spiro atoms. The monoisotopic (exact) mass is 515 g/mol. The molecule has 0 aliphatic heterocycles. The Bertz CT molecular complexity index is 739. The third kappa shape index (κ3) is 7.17. The van der Waals surface area contributed by atoms with Crippen LogP contribution in [0.25, 0.3) is 0 Å². The average molecular weight is 515 g/mol. The smallest absolute Gasteiger partial charge is 0.387 e. The molecule has 0 amide bonds. The Morgan fingerprint density at radius 3 is 2.50 bits per heavy atom. The van der Waals surface area contributed by atoms with E-state index in [4.69, 9.17) is 0 Å². The van der Waals surface area contributed by atoms with Crippen LogP contribution in [0.1, 0.15) is 24.9 Å². The van der Waals surface area contributed by atoms with Crippen molar-refractivity contribution >= 4 is 29.9 Å². The second-order valence-electron chi connectivity index (χ2n) is 5.58. The number of nitrogens with zero attached hydrogens (tertiary/aromatic N) is 4. The molecule has 0 bridgehead atoms. The molecule has 11 heteroatoms. The van der Waals surface area contributed by atoms with Crippen molar-refractivity contribution in [3.8, 4) is 5.75 Å². The summed E-state index contributed by atoms with van der Waals surface area (Å²) in [6.07, 6.45) is 2.51. The Labute approximate surface area is 177 Å². The van der Waals surface area contributed by atoms with Crippen LogP contribution >= 0.6 is 24.0 Å². The predicted octanol–water partition coefficient (Wildman–Crippen LogP) is 4.10. The number of guanidine groups is 1. The van der Waals surface area contributed by atoms with Gasteiger partial charge in [0.05, 0.1) is 0 Å². The van der Waals surface area contributed by atoms with E-state index >= 15 is 0 Å². The van der Waals surface area contributed by atoms with Crippen LogP contribution < -0.4 is 10.1 Å². The van der Waals surface area contributed by atoms with E-state index in [9.17, 15) is 17.6 Å². The summed E-state index contributed by atoms with van der Waals surface area (Å²) in [5.41, 5.74) is 0.846. The summed E-state index contributed by atoms with van der Waals surface area (Å²) < 4.78 is 55.2. The van der Waals surface area contributed by atoms with Crippen LogP contribution in [0.15, 0.2) is 41.7 Å². The molecule has 1 aromatic carbocycles. The van der Waals surface area contributed by atoms with Crippen LogP contribution in [0.4, 0.5) is 17.6 Å². The van der Waals surface area contributed by atoms with E-state index in [1.165, 1.54) is 24.5 Å². The number of halogens is 5. The molecule has 1 heterocycles. The summed E-state index contributed by atoms with van der Waals surface area (Å²) in [6.45, 7) is -2.64. The van der Waals surface area contributed by atoms with Crippen molar-refractivity contribution in [2.75, 3.05) is 13.6 Å². The summed E-state index contributed by atoms with van der Waals surface area (Å²) in [7, 11) is 1.78. The molecule has 2 rings (SSSR count). The zero-order valence-electron chi connectivity index (χ0n) is 15.4. The molecule has 0 saturated carbocycles. The number of hydrogen-bond acceptors (Lipinski definition) is 3. The molecular formula is C17H22F4IN5O. The molecule has 1 N–H and O–H groups in total. The third-order valence-corrected chi connectivity index (χ3v) is 3.59. The van der Waals surface area contributed by atoms with Gasteiger partial charge in [0.15, 0.2) is 5.96 Å². The van der Waals surface area contributed by atoms with Crippen LogP contribution in [-0.2, 0) is 13.1 Å². The normalized spacial score (nSPS) is 11.5. The molecule has 0 saturated heterocycles. The highest BCUT2D eigenvalue weighted by Gasteiger charge is 2.12. The van der Waals surface area contributed by atoms with Gasteiger partial charge in [-0.1, -0.05) is 12.1 Å². The number of hydrogen-bond donors (Lipinski definition) is 1. The van der Waals surface area contributed by atoms with Gasteiger partial charge in [0.2, 0.25) is 0 Å². The van der Waals surface area contributed by atoms with Gasteiger partial charge in [0, 0.05) is 32.5 Å². The summed E-state index contributed by atoms with van der Waals surface area (Å²) in [5, 5.41) is 3.08. The summed E-state index contributed by atoms with van der Waals surface area (Å²) >= 11 is 0. The van der Waals surface area contributed by atoms with Gasteiger partial charge in [-0.05, 0) is 24.6 Å². The molecule has 156 valence electrons. The lowest BCUT2D eigenvalue weighted by molar-refractivity contribution is -0.0498. The fourth-order valence-corrected chi connectivity index (χ4v) is 2.38. The van der Waals surface area contributed by atoms with Gasteiger partial charge in [-0.25, -0.2) is 9.98 Å². The maximum atomic E-state index is 12.9. The average Bonchev–Trinajstić information content (AvgIpc) is 3.08. The number of benzene rings is 1. The number of imidazole rings is 1. The van der Waals surface area contributed by atoms with E-state index in [1.54, 1.807) is 24.1 Å². The molecular weight excluding hydrogens is 493 g/mol. The maximum absolute atomic E-state index is 12.9. The number of aliphatic imine (C=N–C) groups is 1. The van der Waals surface area contributed by atoms with Crippen LogP contribution in [-0.4, -0.2) is 40.6 Å².